The Hall–Kier alpha value is -2.73. The molecule has 0 saturated heterocycles. The number of ether oxygens (including phenoxy) is 1. The molecule has 2 aromatic carbocycles. The number of carbonyl (C=O) groups is 2. The second kappa shape index (κ2) is 7.02. The zero-order valence-corrected chi connectivity index (χ0v) is 12.8. The Morgan fingerprint density at radius 3 is 2.39 bits per heavy atom. The van der Waals surface area contributed by atoms with Crippen molar-refractivity contribution < 1.29 is 19.2 Å². The van der Waals surface area contributed by atoms with E-state index in [-0.39, 0.29) is 16.4 Å². The molecular formula is C16H12ClNO5. The van der Waals surface area contributed by atoms with E-state index in [1.54, 1.807) is 30.3 Å². The summed E-state index contributed by atoms with van der Waals surface area (Å²) in [5.74, 6) is -1.19. The molecule has 118 valence electrons. The monoisotopic (exact) mass is 333 g/mol. The lowest BCUT2D eigenvalue weighted by atomic mass is 10.1. The third kappa shape index (κ3) is 3.92. The lowest BCUT2D eigenvalue weighted by Crippen LogP contribution is -2.24. The van der Waals surface area contributed by atoms with Crippen molar-refractivity contribution in [3.8, 4) is 0 Å². The number of carbonyl (C=O) groups excluding carboxylic acids is 2. The molecule has 2 rings (SSSR count). The van der Waals surface area contributed by atoms with Gasteiger partial charge in [0.2, 0.25) is 5.78 Å². The number of ketones is 1. The van der Waals surface area contributed by atoms with Crippen LogP contribution in [0.3, 0.4) is 0 Å². The molecule has 23 heavy (non-hydrogen) atoms. The van der Waals surface area contributed by atoms with Gasteiger partial charge in [0.05, 0.1) is 10.5 Å². The van der Waals surface area contributed by atoms with Crippen molar-refractivity contribution in [3.05, 3.63) is 74.8 Å². The molecule has 0 aliphatic carbocycles. The van der Waals surface area contributed by atoms with Crippen molar-refractivity contribution in [1.82, 2.24) is 0 Å². The standard InChI is InChI=1S/C16H12ClNO5/c1-10(15(19)11-5-3-2-4-6-11)23-16(20)12-7-8-13(17)14(9-12)18(21)22/h2-10H,1H3/t10-/m0/s1. The van der Waals surface area contributed by atoms with Gasteiger partial charge in [-0.3, -0.25) is 14.9 Å². The molecule has 0 spiro atoms. The van der Waals surface area contributed by atoms with Gasteiger partial charge in [-0.05, 0) is 19.1 Å². The predicted molar refractivity (Wildman–Crippen MR) is 83.8 cm³/mol. The number of halogens is 1. The second-order valence-corrected chi connectivity index (χ2v) is 5.11. The van der Waals surface area contributed by atoms with E-state index < -0.39 is 22.7 Å². The molecule has 0 aliphatic heterocycles. The molecule has 1 atom stereocenters. The number of benzene rings is 2. The Bertz CT molecular complexity index is 760. The first-order chi connectivity index (χ1) is 10.9. The van der Waals surface area contributed by atoms with Crippen molar-refractivity contribution in [2.75, 3.05) is 0 Å². The number of nitro groups is 1. The van der Waals surface area contributed by atoms with Crippen LogP contribution in [-0.4, -0.2) is 22.8 Å². The number of nitrogens with zero attached hydrogens (tertiary/aromatic N) is 1. The molecule has 0 aromatic heterocycles. The predicted octanol–water partition coefficient (Wildman–Crippen LogP) is 3.68. The van der Waals surface area contributed by atoms with Crippen LogP contribution in [0.25, 0.3) is 0 Å². The van der Waals surface area contributed by atoms with Crippen LogP contribution in [0, 0.1) is 10.1 Å². The summed E-state index contributed by atoms with van der Waals surface area (Å²) in [6.07, 6.45) is -1.01. The largest absolute Gasteiger partial charge is 0.451 e. The molecule has 0 aliphatic rings. The Kier molecular flexibility index (Phi) is 5.08. The minimum atomic E-state index is -1.01. The molecule has 6 nitrogen and oxygen atoms in total. The molecular weight excluding hydrogens is 322 g/mol. The molecule has 0 fully saturated rings. The average Bonchev–Trinajstić information content (AvgIpc) is 2.54. The van der Waals surface area contributed by atoms with Crippen LogP contribution >= 0.6 is 11.6 Å². The SMILES string of the molecule is C[C@H](OC(=O)c1ccc(Cl)c([N+](=O)[O-])c1)C(=O)c1ccccc1. The Morgan fingerprint density at radius 2 is 1.78 bits per heavy atom. The van der Waals surface area contributed by atoms with Crippen LogP contribution in [0.1, 0.15) is 27.6 Å². The van der Waals surface area contributed by atoms with E-state index >= 15 is 0 Å². The lowest BCUT2D eigenvalue weighted by molar-refractivity contribution is -0.384. The topological polar surface area (TPSA) is 86.5 Å². The van der Waals surface area contributed by atoms with Gasteiger partial charge in [-0.2, -0.15) is 0 Å². The van der Waals surface area contributed by atoms with Crippen LogP contribution in [0.2, 0.25) is 5.02 Å². The van der Waals surface area contributed by atoms with E-state index in [1.165, 1.54) is 19.1 Å². The van der Waals surface area contributed by atoms with E-state index in [0.29, 0.717) is 5.56 Å². The third-order valence-electron chi connectivity index (χ3n) is 3.09. The maximum atomic E-state index is 12.1. The summed E-state index contributed by atoms with van der Waals surface area (Å²) in [5.41, 5.74) is -0.0353. The fraction of sp³-hybridized carbons (Fsp3) is 0.125. The summed E-state index contributed by atoms with van der Waals surface area (Å²) >= 11 is 5.68. The fourth-order valence-corrected chi connectivity index (χ4v) is 2.09. The van der Waals surface area contributed by atoms with Crippen molar-refractivity contribution >= 4 is 29.0 Å². The van der Waals surface area contributed by atoms with Gasteiger partial charge in [-0.15, -0.1) is 0 Å². The van der Waals surface area contributed by atoms with Crippen molar-refractivity contribution in [3.63, 3.8) is 0 Å². The number of esters is 1. The average molecular weight is 334 g/mol. The molecule has 0 N–H and O–H groups in total. The highest BCUT2D eigenvalue weighted by Gasteiger charge is 2.22. The molecule has 0 heterocycles. The highest BCUT2D eigenvalue weighted by Crippen LogP contribution is 2.25. The summed E-state index contributed by atoms with van der Waals surface area (Å²) in [7, 11) is 0. The first-order valence-electron chi connectivity index (χ1n) is 6.64. The Morgan fingerprint density at radius 1 is 1.13 bits per heavy atom. The number of nitro benzene ring substituents is 1. The number of hydrogen-bond acceptors (Lipinski definition) is 5. The van der Waals surface area contributed by atoms with E-state index in [4.69, 9.17) is 16.3 Å². The minimum Gasteiger partial charge on any atom is -0.451 e. The van der Waals surface area contributed by atoms with Crippen LogP contribution < -0.4 is 0 Å². The lowest BCUT2D eigenvalue weighted by Gasteiger charge is -2.12. The van der Waals surface area contributed by atoms with Crippen molar-refractivity contribution in [2.24, 2.45) is 0 Å². The maximum absolute atomic E-state index is 12.1. The van der Waals surface area contributed by atoms with Gasteiger partial charge < -0.3 is 4.74 Å². The van der Waals surface area contributed by atoms with Gasteiger partial charge in [0, 0.05) is 11.6 Å². The fourth-order valence-electron chi connectivity index (χ4n) is 1.90. The second-order valence-electron chi connectivity index (χ2n) is 4.70. The summed E-state index contributed by atoms with van der Waals surface area (Å²) in [6.45, 7) is 1.44. The molecule has 0 saturated carbocycles. The van der Waals surface area contributed by atoms with Gasteiger partial charge in [0.1, 0.15) is 5.02 Å². The van der Waals surface area contributed by atoms with E-state index in [9.17, 15) is 19.7 Å². The molecule has 2 aromatic rings. The normalized spacial score (nSPS) is 11.6. The summed E-state index contributed by atoms with van der Waals surface area (Å²) in [5, 5.41) is 10.7. The van der Waals surface area contributed by atoms with Gasteiger partial charge in [0.25, 0.3) is 5.69 Å². The zero-order chi connectivity index (χ0) is 17.0. The highest BCUT2D eigenvalue weighted by molar-refractivity contribution is 6.32. The van der Waals surface area contributed by atoms with Crippen LogP contribution in [0.15, 0.2) is 48.5 Å². The quantitative estimate of drug-likeness (QED) is 0.360. The zero-order valence-electron chi connectivity index (χ0n) is 12.1. The highest BCUT2D eigenvalue weighted by atomic mass is 35.5. The number of rotatable bonds is 5. The number of Topliss-reactive ketones (excluding diaryl/α,β-unsaturated/α-hetero) is 1. The Labute approximate surface area is 136 Å². The van der Waals surface area contributed by atoms with Gasteiger partial charge >= 0.3 is 5.97 Å². The summed E-state index contributed by atoms with van der Waals surface area (Å²) in [6, 6.07) is 11.9. The van der Waals surface area contributed by atoms with Gasteiger partial charge in [-0.25, -0.2) is 4.79 Å². The third-order valence-corrected chi connectivity index (χ3v) is 3.41. The molecule has 0 bridgehead atoms. The molecule has 0 amide bonds. The van der Waals surface area contributed by atoms with Gasteiger partial charge in [-0.1, -0.05) is 41.9 Å². The molecule has 7 heteroatoms. The summed E-state index contributed by atoms with van der Waals surface area (Å²) < 4.78 is 5.07. The van der Waals surface area contributed by atoms with E-state index in [2.05, 4.69) is 0 Å². The van der Waals surface area contributed by atoms with Crippen LogP contribution in [0.4, 0.5) is 5.69 Å². The first kappa shape index (κ1) is 16.6. The molecule has 0 unspecified atom stereocenters. The Balaban J connectivity index is 2.14. The van der Waals surface area contributed by atoms with E-state index in [1.807, 2.05) is 0 Å². The van der Waals surface area contributed by atoms with Crippen molar-refractivity contribution in [2.45, 2.75) is 13.0 Å². The molecule has 0 radical (unpaired) electrons. The van der Waals surface area contributed by atoms with Crippen molar-refractivity contribution in [1.29, 1.82) is 0 Å². The smallest absolute Gasteiger partial charge is 0.339 e. The number of hydrogen-bond donors (Lipinski definition) is 0. The van der Waals surface area contributed by atoms with Crippen LogP contribution in [-0.2, 0) is 4.74 Å². The van der Waals surface area contributed by atoms with E-state index in [0.717, 1.165) is 6.07 Å². The summed E-state index contributed by atoms with van der Waals surface area (Å²) in [4.78, 5) is 34.3. The first-order valence-corrected chi connectivity index (χ1v) is 7.02. The maximum Gasteiger partial charge on any atom is 0.339 e. The van der Waals surface area contributed by atoms with Gasteiger partial charge in [0.15, 0.2) is 6.10 Å². The van der Waals surface area contributed by atoms with Crippen LogP contribution in [0.5, 0.6) is 0 Å². The minimum absolute atomic E-state index is 0.0474.